The van der Waals surface area contributed by atoms with Crippen LogP contribution in [0.3, 0.4) is 0 Å². The van der Waals surface area contributed by atoms with Crippen LogP contribution in [0.5, 0.6) is 0 Å². The smallest absolute Gasteiger partial charge is 0.328 e. The molecule has 110 valence electrons. The van der Waals surface area contributed by atoms with E-state index in [0.717, 1.165) is 5.56 Å². The van der Waals surface area contributed by atoms with Crippen molar-refractivity contribution in [2.24, 2.45) is 0 Å². The number of carboxylic acid groups (broad SMARTS) is 1. The predicted molar refractivity (Wildman–Crippen MR) is 72.5 cm³/mol. The van der Waals surface area contributed by atoms with Crippen molar-refractivity contribution in [3.8, 4) is 11.3 Å². The molecule has 2 unspecified atom stereocenters. The monoisotopic (exact) mass is 290 g/mol. The maximum Gasteiger partial charge on any atom is 0.328 e. The summed E-state index contributed by atoms with van der Waals surface area (Å²) in [5.41, 5.74) is 1.23. The van der Waals surface area contributed by atoms with Crippen molar-refractivity contribution in [3.05, 3.63) is 42.2 Å². The molecule has 2 rings (SSSR count). The van der Waals surface area contributed by atoms with Crippen LogP contribution in [0.2, 0.25) is 0 Å². The molecule has 1 aromatic carbocycles. The fourth-order valence-electron chi connectivity index (χ4n) is 1.73. The number of aliphatic carboxylic acids is 1. The Morgan fingerprint density at radius 2 is 1.95 bits per heavy atom. The normalized spacial score (nSPS) is 13.4. The van der Waals surface area contributed by atoms with Gasteiger partial charge >= 0.3 is 5.97 Å². The summed E-state index contributed by atoms with van der Waals surface area (Å²) in [6.07, 6.45) is -1.23. The second-order valence-corrected chi connectivity index (χ2v) is 4.47. The van der Waals surface area contributed by atoms with Crippen LogP contribution < -0.4 is 5.32 Å². The number of aromatic nitrogens is 1. The topological polar surface area (TPSA) is 113 Å². The summed E-state index contributed by atoms with van der Waals surface area (Å²) in [6, 6.07) is 9.07. The van der Waals surface area contributed by atoms with Gasteiger partial charge in [-0.25, -0.2) is 4.79 Å². The number of aliphatic hydroxyl groups is 1. The van der Waals surface area contributed by atoms with E-state index in [1.54, 1.807) is 12.1 Å². The molecule has 7 heteroatoms. The van der Waals surface area contributed by atoms with Gasteiger partial charge in [0.15, 0.2) is 6.04 Å². The van der Waals surface area contributed by atoms with E-state index in [4.69, 9.17) is 9.63 Å². The number of carboxylic acids is 1. The Bertz CT molecular complexity index is 636. The van der Waals surface area contributed by atoms with Gasteiger partial charge in [-0.1, -0.05) is 35.5 Å². The number of nitrogens with one attached hydrogen (secondary N) is 1. The Kier molecular flexibility index (Phi) is 4.34. The van der Waals surface area contributed by atoms with E-state index in [0.29, 0.717) is 5.69 Å². The molecule has 0 aliphatic heterocycles. The standard InChI is InChI=1S/C14H14N2O5/c1-8(17)12(14(19)20)15-13(18)11-7-10(16-21-11)9-5-3-2-4-6-9/h2-8,12,17H,1H3,(H,15,18)(H,19,20). The molecule has 7 nitrogen and oxygen atoms in total. The SMILES string of the molecule is CC(O)C(NC(=O)c1cc(-c2ccccc2)no1)C(=O)O. The molecule has 0 saturated carbocycles. The van der Waals surface area contributed by atoms with Gasteiger partial charge in [0.25, 0.3) is 5.91 Å². The second-order valence-electron chi connectivity index (χ2n) is 4.47. The summed E-state index contributed by atoms with van der Waals surface area (Å²) >= 11 is 0. The zero-order valence-corrected chi connectivity index (χ0v) is 11.2. The number of amides is 1. The van der Waals surface area contributed by atoms with Crippen molar-refractivity contribution in [2.45, 2.75) is 19.1 Å². The molecule has 1 heterocycles. The Balaban J connectivity index is 2.14. The van der Waals surface area contributed by atoms with Crippen LogP contribution in [0.25, 0.3) is 11.3 Å². The van der Waals surface area contributed by atoms with Gasteiger partial charge in [-0.3, -0.25) is 4.79 Å². The Morgan fingerprint density at radius 3 is 2.52 bits per heavy atom. The first-order valence-electron chi connectivity index (χ1n) is 6.23. The van der Waals surface area contributed by atoms with Crippen molar-refractivity contribution in [1.82, 2.24) is 10.5 Å². The maximum atomic E-state index is 11.9. The molecule has 0 radical (unpaired) electrons. The van der Waals surface area contributed by atoms with E-state index in [1.807, 2.05) is 18.2 Å². The lowest BCUT2D eigenvalue weighted by atomic mass is 10.1. The first-order chi connectivity index (χ1) is 9.99. The van der Waals surface area contributed by atoms with Crippen molar-refractivity contribution >= 4 is 11.9 Å². The summed E-state index contributed by atoms with van der Waals surface area (Å²) < 4.78 is 4.90. The molecule has 0 fully saturated rings. The van der Waals surface area contributed by atoms with Crippen molar-refractivity contribution in [3.63, 3.8) is 0 Å². The zero-order chi connectivity index (χ0) is 15.4. The number of benzene rings is 1. The van der Waals surface area contributed by atoms with Gasteiger partial charge in [-0.05, 0) is 6.92 Å². The largest absolute Gasteiger partial charge is 0.480 e. The highest BCUT2D eigenvalue weighted by molar-refractivity contribution is 5.95. The number of carbonyl (C=O) groups is 2. The van der Waals surface area contributed by atoms with Crippen LogP contribution in [0.15, 0.2) is 40.9 Å². The van der Waals surface area contributed by atoms with E-state index in [9.17, 15) is 14.7 Å². The van der Waals surface area contributed by atoms with Gasteiger partial charge in [0, 0.05) is 11.6 Å². The highest BCUT2D eigenvalue weighted by atomic mass is 16.5. The van der Waals surface area contributed by atoms with Crippen LogP contribution in [0, 0.1) is 0 Å². The van der Waals surface area contributed by atoms with E-state index in [2.05, 4.69) is 10.5 Å². The third-order valence-electron chi connectivity index (χ3n) is 2.84. The summed E-state index contributed by atoms with van der Waals surface area (Å²) in [5.74, 6) is -2.21. The molecule has 0 bridgehead atoms. The minimum atomic E-state index is -1.41. The molecule has 0 aliphatic rings. The molecular weight excluding hydrogens is 276 g/mol. The third-order valence-corrected chi connectivity index (χ3v) is 2.84. The summed E-state index contributed by atoms with van der Waals surface area (Å²) in [6.45, 7) is 1.27. The van der Waals surface area contributed by atoms with Gasteiger partial charge in [0.1, 0.15) is 5.69 Å². The van der Waals surface area contributed by atoms with Crippen LogP contribution in [0.1, 0.15) is 17.5 Å². The van der Waals surface area contributed by atoms with E-state index < -0.39 is 24.0 Å². The number of hydrogen-bond donors (Lipinski definition) is 3. The highest BCUT2D eigenvalue weighted by Crippen LogP contribution is 2.18. The van der Waals surface area contributed by atoms with E-state index >= 15 is 0 Å². The maximum absolute atomic E-state index is 11.9. The Hall–Kier alpha value is -2.67. The van der Waals surface area contributed by atoms with Gasteiger partial charge in [-0.2, -0.15) is 0 Å². The average Bonchev–Trinajstić information content (AvgIpc) is 2.94. The van der Waals surface area contributed by atoms with Gasteiger partial charge in [0.2, 0.25) is 5.76 Å². The lowest BCUT2D eigenvalue weighted by molar-refractivity contribution is -0.141. The molecule has 2 aromatic rings. The molecule has 0 saturated heterocycles. The molecule has 2 atom stereocenters. The molecule has 1 amide bonds. The van der Waals surface area contributed by atoms with Crippen molar-refractivity contribution < 1.29 is 24.3 Å². The minimum Gasteiger partial charge on any atom is -0.480 e. The molecular formula is C14H14N2O5. The Morgan fingerprint density at radius 1 is 1.29 bits per heavy atom. The summed E-state index contributed by atoms with van der Waals surface area (Å²) in [4.78, 5) is 22.8. The first-order valence-corrected chi connectivity index (χ1v) is 6.23. The van der Waals surface area contributed by atoms with Crippen LogP contribution >= 0.6 is 0 Å². The van der Waals surface area contributed by atoms with Gasteiger partial charge in [-0.15, -0.1) is 0 Å². The molecule has 1 aromatic heterocycles. The van der Waals surface area contributed by atoms with E-state index in [-0.39, 0.29) is 5.76 Å². The second kappa shape index (κ2) is 6.19. The fraction of sp³-hybridized carbons (Fsp3) is 0.214. The summed E-state index contributed by atoms with van der Waals surface area (Å²) in [7, 11) is 0. The minimum absolute atomic E-state index is 0.124. The molecule has 0 spiro atoms. The lowest BCUT2D eigenvalue weighted by Gasteiger charge is -2.15. The van der Waals surface area contributed by atoms with Gasteiger partial charge < -0.3 is 20.1 Å². The fourth-order valence-corrected chi connectivity index (χ4v) is 1.73. The van der Waals surface area contributed by atoms with Crippen LogP contribution in [-0.4, -0.2) is 39.4 Å². The third kappa shape index (κ3) is 3.46. The Labute approximate surface area is 120 Å². The summed E-state index contributed by atoms with van der Waals surface area (Å²) in [5, 5.41) is 24.2. The van der Waals surface area contributed by atoms with Crippen LogP contribution in [0.4, 0.5) is 0 Å². The van der Waals surface area contributed by atoms with Crippen molar-refractivity contribution in [1.29, 1.82) is 0 Å². The first kappa shape index (κ1) is 14.7. The number of aliphatic hydroxyl groups excluding tert-OH is 1. The molecule has 0 aliphatic carbocycles. The van der Waals surface area contributed by atoms with Crippen molar-refractivity contribution in [2.75, 3.05) is 0 Å². The quantitative estimate of drug-likeness (QED) is 0.754. The average molecular weight is 290 g/mol. The number of rotatable bonds is 5. The van der Waals surface area contributed by atoms with E-state index in [1.165, 1.54) is 13.0 Å². The molecule has 21 heavy (non-hydrogen) atoms. The number of carbonyl (C=O) groups excluding carboxylic acids is 1. The predicted octanol–water partition coefficient (Wildman–Crippen LogP) is 0.905. The highest BCUT2D eigenvalue weighted by Gasteiger charge is 2.27. The molecule has 3 N–H and O–H groups in total. The van der Waals surface area contributed by atoms with Gasteiger partial charge in [0.05, 0.1) is 6.10 Å². The van der Waals surface area contributed by atoms with Crippen LogP contribution in [-0.2, 0) is 4.79 Å². The lowest BCUT2D eigenvalue weighted by Crippen LogP contribution is -2.47. The number of hydrogen-bond acceptors (Lipinski definition) is 5. The number of nitrogens with zero attached hydrogens (tertiary/aromatic N) is 1. The zero-order valence-electron chi connectivity index (χ0n) is 11.2.